The fourth-order valence-electron chi connectivity index (χ4n) is 2.74. The zero-order valence-electron chi connectivity index (χ0n) is 14.0. The Morgan fingerprint density at radius 2 is 2.00 bits per heavy atom. The van der Waals surface area contributed by atoms with E-state index in [9.17, 15) is 5.11 Å². The van der Waals surface area contributed by atoms with Gasteiger partial charge in [-0.1, -0.05) is 37.0 Å². The van der Waals surface area contributed by atoms with Gasteiger partial charge in [0.25, 0.3) is 0 Å². The van der Waals surface area contributed by atoms with Crippen LogP contribution in [0, 0.1) is 5.41 Å². The van der Waals surface area contributed by atoms with Gasteiger partial charge in [0.15, 0.2) is 0 Å². The van der Waals surface area contributed by atoms with Crippen LogP contribution >= 0.6 is 23.2 Å². The van der Waals surface area contributed by atoms with Crippen molar-refractivity contribution in [2.24, 2.45) is 5.41 Å². The number of hydrogen-bond donors (Lipinski definition) is 1. The molecule has 3 rings (SSSR count). The smallest absolute Gasteiger partial charge is 0.140 e. The summed E-state index contributed by atoms with van der Waals surface area (Å²) >= 11 is 12.8. The highest BCUT2D eigenvalue weighted by Gasteiger charge is 2.21. The molecule has 0 spiro atoms. The third-order valence-electron chi connectivity index (χ3n) is 4.30. The minimum absolute atomic E-state index is 0.0437. The lowest BCUT2D eigenvalue weighted by molar-refractivity contribution is 0.0976. The van der Waals surface area contributed by atoms with Gasteiger partial charge in [-0.05, 0) is 37.8 Å². The Balaban J connectivity index is 1.90. The molecule has 24 heavy (non-hydrogen) atoms. The fraction of sp³-hybridized carbons (Fsp3) is 0.500. The third-order valence-corrected chi connectivity index (χ3v) is 5.00. The first-order valence-corrected chi connectivity index (χ1v) is 8.97. The Bertz CT molecular complexity index is 741. The number of aliphatic hydroxyl groups is 1. The minimum atomic E-state index is -0.332. The van der Waals surface area contributed by atoms with E-state index < -0.39 is 0 Å². The standard InChI is InChI=1S/C18H22Cl2N2O2/c1-18(2,10-23)11-24-16-9-12(7-8-14(16)19)22-17(20)13-5-3-4-6-15(13)21-22/h7-9,23H,3-6,10-11H2,1-2H3. The van der Waals surface area contributed by atoms with Crippen molar-refractivity contribution in [1.29, 1.82) is 0 Å². The Morgan fingerprint density at radius 3 is 2.71 bits per heavy atom. The Morgan fingerprint density at radius 1 is 1.25 bits per heavy atom. The molecule has 1 aliphatic carbocycles. The van der Waals surface area contributed by atoms with Gasteiger partial charge in [-0.3, -0.25) is 0 Å². The number of aryl methyl sites for hydroxylation is 1. The topological polar surface area (TPSA) is 47.3 Å². The summed E-state index contributed by atoms with van der Waals surface area (Å²) < 4.78 is 7.58. The van der Waals surface area contributed by atoms with Crippen LogP contribution in [-0.2, 0) is 12.8 Å². The highest BCUT2D eigenvalue weighted by Crippen LogP contribution is 2.33. The molecule has 0 saturated carbocycles. The number of halogens is 2. The molecule has 1 heterocycles. The molecule has 0 bridgehead atoms. The van der Waals surface area contributed by atoms with Crippen LogP contribution < -0.4 is 4.74 Å². The second-order valence-corrected chi connectivity index (χ2v) is 7.83. The van der Waals surface area contributed by atoms with Crippen molar-refractivity contribution in [2.45, 2.75) is 39.5 Å². The lowest BCUT2D eigenvalue weighted by atomic mass is 9.96. The summed E-state index contributed by atoms with van der Waals surface area (Å²) in [4.78, 5) is 0. The maximum Gasteiger partial charge on any atom is 0.140 e. The van der Waals surface area contributed by atoms with Gasteiger partial charge in [-0.2, -0.15) is 5.10 Å². The van der Waals surface area contributed by atoms with Gasteiger partial charge in [-0.15, -0.1) is 0 Å². The molecule has 1 N–H and O–H groups in total. The summed E-state index contributed by atoms with van der Waals surface area (Å²) in [5.74, 6) is 0.570. The molecular weight excluding hydrogens is 347 g/mol. The molecule has 0 atom stereocenters. The van der Waals surface area contributed by atoms with Crippen LogP contribution in [0.1, 0.15) is 37.9 Å². The largest absolute Gasteiger partial charge is 0.491 e. The van der Waals surface area contributed by atoms with Crippen LogP contribution in [0.3, 0.4) is 0 Å². The summed E-state index contributed by atoms with van der Waals surface area (Å²) in [7, 11) is 0. The van der Waals surface area contributed by atoms with Crippen LogP contribution in [-0.4, -0.2) is 28.1 Å². The van der Waals surface area contributed by atoms with Gasteiger partial charge >= 0.3 is 0 Å². The number of aromatic nitrogens is 2. The molecule has 0 fully saturated rings. The van der Waals surface area contributed by atoms with Crippen molar-refractivity contribution in [3.8, 4) is 11.4 Å². The van der Waals surface area contributed by atoms with E-state index in [1.54, 1.807) is 10.7 Å². The van der Waals surface area contributed by atoms with Gasteiger partial charge in [-0.25, -0.2) is 4.68 Å². The summed E-state index contributed by atoms with van der Waals surface area (Å²) in [6.45, 7) is 4.28. The Kier molecular flexibility index (Phi) is 5.09. The molecule has 130 valence electrons. The van der Waals surface area contributed by atoms with Crippen molar-refractivity contribution < 1.29 is 9.84 Å². The summed E-state index contributed by atoms with van der Waals surface area (Å²) in [5, 5.41) is 15.2. The second-order valence-electron chi connectivity index (χ2n) is 7.06. The zero-order valence-corrected chi connectivity index (χ0v) is 15.5. The monoisotopic (exact) mass is 368 g/mol. The first-order chi connectivity index (χ1) is 11.4. The van der Waals surface area contributed by atoms with E-state index in [2.05, 4.69) is 5.10 Å². The van der Waals surface area contributed by atoms with Crippen molar-refractivity contribution in [2.75, 3.05) is 13.2 Å². The van der Waals surface area contributed by atoms with Gasteiger partial charge in [0.2, 0.25) is 0 Å². The third kappa shape index (κ3) is 3.56. The second kappa shape index (κ2) is 6.95. The normalized spacial score (nSPS) is 14.5. The summed E-state index contributed by atoms with van der Waals surface area (Å²) in [5.41, 5.74) is 2.74. The maximum atomic E-state index is 9.36. The van der Waals surface area contributed by atoms with Crippen molar-refractivity contribution in [1.82, 2.24) is 9.78 Å². The number of aliphatic hydroxyl groups excluding tert-OH is 1. The van der Waals surface area contributed by atoms with Crippen molar-refractivity contribution in [3.05, 3.63) is 39.6 Å². The minimum Gasteiger partial charge on any atom is -0.491 e. The van der Waals surface area contributed by atoms with E-state index in [0.29, 0.717) is 22.5 Å². The van der Waals surface area contributed by atoms with Gasteiger partial charge < -0.3 is 9.84 Å². The molecule has 0 unspecified atom stereocenters. The highest BCUT2D eigenvalue weighted by molar-refractivity contribution is 6.32. The average Bonchev–Trinajstić information content (AvgIpc) is 2.91. The van der Waals surface area contributed by atoms with Crippen molar-refractivity contribution in [3.63, 3.8) is 0 Å². The van der Waals surface area contributed by atoms with Gasteiger partial charge in [0.1, 0.15) is 10.9 Å². The molecule has 1 aliphatic rings. The van der Waals surface area contributed by atoms with E-state index in [1.165, 1.54) is 0 Å². The average molecular weight is 369 g/mol. The predicted molar refractivity (Wildman–Crippen MR) is 96.6 cm³/mol. The zero-order chi connectivity index (χ0) is 17.3. The molecule has 1 aromatic heterocycles. The predicted octanol–water partition coefficient (Wildman–Crippen LogP) is 4.46. The van der Waals surface area contributed by atoms with E-state index in [-0.39, 0.29) is 12.0 Å². The Hall–Kier alpha value is -1.23. The molecule has 2 aromatic rings. The lowest BCUT2D eigenvalue weighted by Gasteiger charge is -2.22. The number of rotatable bonds is 5. The van der Waals surface area contributed by atoms with E-state index in [1.807, 2.05) is 26.0 Å². The first-order valence-electron chi connectivity index (χ1n) is 8.21. The molecule has 0 aliphatic heterocycles. The molecule has 0 amide bonds. The van der Waals surface area contributed by atoms with Crippen molar-refractivity contribution >= 4 is 23.2 Å². The number of fused-ring (bicyclic) bond motifs is 1. The number of hydrogen-bond acceptors (Lipinski definition) is 3. The van der Waals surface area contributed by atoms with E-state index >= 15 is 0 Å². The molecule has 0 saturated heterocycles. The molecule has 4 nitrogen and oxygen atoms in total. The molecular formula is C18H22Cl2N2O2. The van der Waals surface area contributed by atoms with E-state index in [0.717, 1.165) is 42.6 Å². The summed E-state index contributed by atoms with van der Waals surface area (Å²) in [6, 6.07) is 5.52. The molecule has 6 heteroatoms. The van der Waals surface area contributed by atoms with Gasteiger partial charge in [0, 0.05) is 17.0 Å². The van der Waals surface area contributed by atoms with Crippen LogP contribution in [0.15, 0.2) is 18.2 Å². The quantitative estimate of drug-likeness (QED) is 0.847. The maximum absolute atomic E-state index is 9.36. The highest BCUT2D eigenvalue weighted by atomic mass is 35.5. The first kappa shape index (κ1) is 17.6. The Labute approximate surface area is 152 Å². The summed E-state index contributed by atoms with van der Waals surface area (Å²) in [6.07, 6.45) is 4.27. The molecule has 0 radical (unpaired) electrons. The number of nitrogens with zero attached hydrogens (tertiary/aromatic N) is 2. The lowest BCUT2D eigenvalue weighted by Crippen LogP contribution is -2.25. The van der Waals surface area contributed by atoms with Crippen LogP contribution in [0.2, 0.25) is 10.2 Å². The van der Waals surface area contributed by atoms with Crippen LogP contribution in [0.4, 0.5) is 0 Å². The number of ether oxygens (including phenoxy) is 1. The van der Waals surface area contributed by atoms with E-state index in [4.69, 9.17) is 27.9 Å². The SMILES string of the molecule is CC(C)(CO)COc1cc(-n2nc3c(c2Cl)CCCC3)ccc1Cl. The number of benzene rings is 1. The van der Waals surface area contributed by atoms with Gasteiger partial charge in [0.05, 0.1) is 29.6 Å². The van der Waals surface area contributed by atoms with Crippen LogP contribution in [0.25, 0.3) is 5.69 Å². The van der Waals surface area contributed by atoms with Crippen LogP contribution in [0.5, 0.6) is 5.75 Å². The molecule has 1 aromatic carbocycles. The fourth-order valence-corrected chi connectivity index (χ4v) is 3.25.